The number of barbiturate groups is 1. The van der Waals surface area contributed by atoms with Crippen LogP contribution in [0.2, 0.25) is 0 Å². The van der Waals surface area contributed by atoms with Crippen LogP contribution in [0.1, 0.15) is 18.1 Å². The number of aliphatic carboxylic acids is 1. The number of carbonyl (C=O) groups is 4. The van der Waals surface area contributed by atoms with Gasteiger partial charge >= 0.3 is 6.03 Å². The smallest absolute Gasteiger partial charge is 0.335 e. The molecule has 0 aromatic heterocycles. The Morgan fingerprint density at radius 2 is 1.83 bits per heavy atom. The molecule has 0 radical (unpaired) electrons. The zero-order valence-electron chi connectivity index (χ0n) is 15.7. The topological polar surface area (TPSA) is 116 Å². The van der Waals surface area contributed by atoms with E-state index in [9.17, 15) is 24.3 Å². The van der Waals surface area contributed by atoms with Crippen LogP contribution < -0.4 is 20.1 Å². The molecule has 29 heavy (non-hydrogen) atoms. The SMILES string of the molecule is Cc1cccc(N2C(=O)NC(=O)/C(=C\c3ccc(O[C@H](C)C(=O)[O-])cc3)C2=O)c1. The number of ether oxygens (including phenoxy) is 1. The number of carboxylic acid groups (broad SMARTS) is 1. The Kier molecular flexibility index (Phi) is 5.45. The van der Waals surface area contributed by atoms with Crippen LogP contribution in [0.5, 0.6) is 5.75 Å². The number of nitrogens with one attached hydrogen (secondary N) is 1. The molecule has 0 bridgehead atoms. The zero-order valence-corrected chi connectivity index (χ0v) is 15.7. The number of anilines is 1. The Morgan fingerprint density at radius 1 is 1.14 bits per heavy atom. The number of hydrogen-bond donors (Lipinski definition) is 1. The Balaban J connectivity index is 1.87. The van der Waals surface area contributed by atoms with Gasteiger partial charge in [0.2, 0.25) is 0 Å². The first-order valence-corrected chi connectivity index (χ1v) is 8.72. The fourth-order valence-corrected chi connectivity index (χ4v) is 2.72. The number of benzene rings is 2. The monoisotopic (exact) mass is 393 g/mol. The molecule has 8 heteroatoms. The van der Waals surface area contributed by atoms with Crippen molar-refractivity contribution in [1.82, 2.24) is 5.32 Å². The number of aryl methyl sites for hydroxylation is 1. The van der Waals surface area contributed by atoms with Crippen LogP contribution in [0.3, 0.4) is 0 Å². The fraction of sp³-hybridized carbons (Fsp3) is 0.143. The zero-order chi connectivity index (χ0) is 21.1. The van der Waals surface area contributed by atoms with Crippen molar-refractivity contribution < 1.29 is 29.0 Å². The number of rotatable bonds is 5. The Labute approximate surface area is 166 Å². The van der Waals surface area contributed by atoms with E-state index in [0.717, 1.165) is 10.5 Å². The van der Waals surface area contributed by atoms with Gasteiger partial charge in [0, 0.05) is 0 Å². The third-order valence-corrected chi connectivity index (χ3v) is 4.20. The van der Waals surface area contributed by atoms with Gasteiger partial charge in [0.05, 0.1) is 11.7 Å². The molecule has 1 aliphatic heterocycles. The van der Waals surface area contributed by atoms with Gasteiger partial charge in [0.25, 0.3) is 11.8 Å². The second-order valence-corrected chi connectivity index (χ2v) is 6.45. The van der Waals surface area contributed by atoms with Crippen LogP contribution in [0.25, 0.3) is 6.08 Å². The lowest BCUT2D eigenvalue weighted by molar-refractivity contribution is -0.312. The number of carboxylic acids is 1. The van der Waals surface area contributed by atoms with Crippen LogP contribution in [0.15, 0.2) is 54.1 Å². The maximum Gasteiger partial charge on any atom is 0.335 e. The summed E-state index contributed by atoms with van der Waals surface area (Å²) in [5.74, 6) is -2.59. The van der Waals surface area contributed by atoms with Crippen molar-refractivity contribution in [3.8, 4) is 5.75 Å². The predicted molar refractivity (Wildman–Crippen MR) is 102 cm³/mol. The number of urea groups is 1. The van der Waals surface area contributed by atoms with E-state index >= 15 is 0 Å². The first kappa shape index (κ1) is 19.8. The Hall–Kier alpha value is -3.94. The summed E-state index contributed by atoms with van der Waals surface area (Å²) in [7, 11) is 0. The summed E-state index contributed by atoms with van der Waals surface area (Å²) >= 11 is 0. The van der Waals surface area contributed by atoms with Crippen LogP contribution in [0.4, 0.5) is 10.5 Å². The van der Waals surface area contributed by atoms with E-state index in [4.69, 9.17) is 4.74 Å². The average Bonchev–Trinajstić information content (AvgIpc) is 2.66. The number of nitrogens with zero attached hydrogens (tertiary/aromatic N) is 1. The van der Waals surface area contributed by atoms with Gasteiger partial charge in [-0.2, -0.15) is 0 Å². The first-order chi connectivity index (χ1) is 13.8. The average molecular weight is 393 g/mol. The Bertz CT molecular complexity index is 1030. The van der Waals surface area contributed by atoms with E-state index in [-0.39, 0.29) is 5.57 Å². The fourth-order valence-electron chi connectivity index (χ4n) is 2.72. The highest BCUT2D eigenvalue weighted by atomic mass is 16.5. The molecule has 4 amide bonds. The van der Waals surface area contributed by atoms with Crippen molar-refractivity contribution >= 4 is 35.6 Å². The second-order valence-electron chi connectivity index (χ2n) is 6.45. The van der Waals surface area contributed by atoms with Crippen molar-refractivity contribution in [3.63, 3.8) is 0 Å². The van der Waals surface area contributed by atoms with Gasteiger partial charge in [-0.3, -0.25) is 14.9 Å². The number of amides is 4. The second kappa shape index (κ2) is 7.97. The van der Waals surface area contributed by atoms with E-state index < -0.39 is 29.9 Å². The molecule has 148 valence electrons. The lowest BCUT2D eigenvalue weighted by Crippen LogP contribution is -2.54. The molecule has 8 nitrogen and oxygen atoms in total. The molecule has 0 aliphatic carbocycles. The molecule has 1 fully saturated rings. The summed E-state index contributed by atoms with van der Waals surface area (Å²) in [6.07, 6.45) is 0.220. The normalized spacial score (nSPS) is 16.6. The van der Waals surface area contributed by atoms with E-state index in [2.05, 4.69) is 5.32 Å². The van der Waals surface area contributed by atoms with Gasteiger partial charge in [0.15, 0.2) is 0 Å². The summed E-state index contributed by atoms with van der Waals surface area (Å²) < 4.78 is 5.18. The molecule has 1 saturated heterocycles. The summed E-state index contributed by atoms with van der Waals surface area (Å²) in [5, 5.41) is 12.9. The lowest BCUT2D eigenvalue weighted by atomic mass is 10.1. The summed E-state index contributed by atoms with van der Waals surface area (Å²) in [4.78, 5) is 48.9. The standard InChI is InChI=1S/C21H18N2O6/c1-12-4-3-5-15(10-12)23-19(25)17(18(24)22-21(23)28)11-14-6-8-16(9-7-14)29-13(2)20(26)27/h3-11,13H,1-2H3,(H,26,27)(H,22,24,28)/p-1/b17-11+/t13-/m1/s1. The predicted octanol–water partition coefficient (Wildman–Crippen LogP) is 1.18. The van der Waals surface area contributed by atoms with E-state index in [1.54, 1.807) is 30.3 Å². The first-order valence-electron chi connectivity index (χ1n) is 8.72. The largest absolute Gasteiger partial charge is 0.546 e. The molecular weight excluding hydrogens is 376 g/mol. The highest BCUT2D eigenvalue weighted by Gasteiger charge is 2.36. The van der Waals surface area contributed by atoms with Crippen molar-refractivity contribution in [2.24, 2.45) is 0 Å². The lowest BCUT2D eigenvalue weighted by Gasteiger charge is -2.26. The van der Waals surface area contributed by atoms with E-state index in [0.29, 0.717) is 17.0 Å². The molecule has 0 saturated carbocycles. The van der Waals surface area contributed by atoms with Gasteiger partial charge in [-0.25, -0.2) is 9.69 Å². The maximum atomic E-state index is 12.8. The molecule has 2 aromatic rings. The third kappa shape index (κ3) is 4.32. The van der Waals surface area contributed by atoms with Crippen LogP contribution in [0, 0.1) is 6.92 Å². The number of carbonyl (C=O) groups excluding carboxylic acids is 4. The van der Waals surface area contributed by atoms with Crippen molar-refractivity contribution in [2.75, 3.05) is 4.90 Å². The van der Waals surface area contributed by atoms with Gasteiger partial charge < -0.3 is 14.6 Å². The van der Waals surface area contributed by atoms with Gasteiger partial charge in [-0.15, -0.1) is 0 Å². The maximum absolute atomic E-state index is 12.8. The van der Waals surface area contributed by atoms with E-state index in [1.807, 2.05) is 13.0 Å². The molecule has 3 rings (SSSR count). The van der Waals surface area contributed by atoms with Crippen LogP contribution in [-0.4, -0.2) is 29.9 Å². The molecule has 2 aromatic carbocycles. The molecule has 0 unspecified atom stereocenters. The number of hydrogen-bond acceptors (Lipinski definition) is 6. The van der Waals surface area contributed by atoms with Gasteiger partial charge in [0.1, 0.15) is 17.4 Å². The summed E-state index contributed by atoms with van der Waals surface area (Å²) in [6, 6.07) is 12.1. The number of imide groups is 2. The minimum absolute atomic E-state index is 0.206. The van der Waals surface area contributed by atoms with Crippen LogP contribution in [-0.2, 0) is 14.4 Å². The summed E-state index contributed by atoms with van der Waals surface area (Å²) in [6.45, 7) is 3.16. The van der Waals surface area contributed by atoms with Gasteiger partial charge in [-0.1, -0.05) is 24.3 Å². The van der Waals surface area contributed by atoms with Crippen molar-refractivity contribution in [3.05, 3.63) is 65.2 Å². The minimum Gasteiger partial charge on any atom is -0.546 e. The Morgan fingerprint density at radius 3 is 2.45 bits per heavy atom. The van der Waals surface area contributed by atoms with Crippen LogP contribution >= 0.6 is 0 Å². The molecular formula is C21H17N2O6-. The molecule has 1 aliphatic rings. The molecule has 1 N–H and O–H groups in total. The highest BCUT2D eigenvalue weighted by molar-refractivity contribution is 6.39. The van der Waals surface area contributed by atoms with Crippen molar-refractivity contribution in [1.29, 1.82) is 0 Å². The molecule has 0 spiro atoms. The van der Waals surface area contributed by atoms with Gasteiger partial charge in [-0.05, 0) is 55.3 Å². The minimum atomic E-state index is -1.35. The van der Waals surface area contributed by atoms with E-state index in [1.165, 1.54) is 25.1 Å². The quantitative estimate of drug-likeness (QED) is 0.602. The summed E-state index contributed by atoms with van der Waals surface area (Å²) in [5.41, 5.74) is 1.50. The highest BCUT2D eigenvalue weighted by Crippen LogP contribution is 2.23. The van der Waals surface area contributed by atoms with Crippen molar-refractivity contribution in [2.45, 2.75) is 20.0 Å². The third-order valence-electron chi connectivity index (χ3n) is 4.20. The molecule has 1 heterocycles. The molecule has 1 atom stereocenters.